The maximum Gasteiger partial charge on any atom is 0.329 e. The fourth-order valence-corrected chi connectivity index (χ4v) is 3.01. The Morgan fingerprint density at radius 1 is 0.958 bits per heavy atom. The number of aliphatic hydroxyl groups is 2. The maximum atomic E-state index is 12.0. The van der Waals surface area contributed by atoms with Gasteiger partial charge in [-0.05, 0) is 6.42 Å². The second-order valence-electron chi connectivity index (χ2n) is 6.57. The maximum absolute atomic E-state index is 12.0. The molecule has 2 N–H and O–H groups in total. The molecule has 1 heterocycles. The lowest BCUT2D eigenvalue weighted by Crippen LogP contribution is -2.22. The minimum Gasteiger partial charge on any atom is -0.507 e. The van der Waals surface area contributed by atoms with E-state index in [1.807, 2.05) is 0 Å². The van der Waals surface area contributed by atoms with Gasteiger partial charge in [0.05, 0.1) is 0 Å². The second kappa shape index (κ2) is 12.1. The molecule has 0 saturated heterocycles. The number of ether oxygens (including phenoxy) is 1. The molecule has 1 aliphatic heterocycles. The first-order chi connectivity index (χ1) is 11.6. The number of carbonyl (C=O) groups excluding carboxylic acids is 2. The van der Waals surface area contributed by atoms with Crippen LogP contribution in [0.1, 0.15) is 84.0 Å². The molecule has 138 valence electrons. The minimum atomic E-state index is -1.23. The summed E-state index contributed by atoms with van der Waals surface area (Å²) >= 11 is 0. The molecule has 0 saturated carbocycles. The van der Waals surface area contributed by atoms with Gasteiger partial charge in [-0.2, -0.15) is 0 Å². The predicted molar refractivity (Wildman–Crippen MR) is 92.4 cm³/mol. The van der Waals surface area contributed by atoms with Gasteiger partial charge >= 0.3 is 5.97 Å². The largest absolute Gasteiger partial charge is 0.507 e. The fraction of sp³-hybridized carbons (Fsp3) is 0.789. The van der Waals surface area contributed by atoms with Gasteiger partial charge in [-0.1, -0.05) is 71.1 Å². The number of rotatable bonds is 14. The van der Waals surface area contributed by atoms with Gasteiger partial charge in [0.1, 0.15) is 6.61 Å². The van der Waals surface area contributed by atoms with Gasteiger partial charge in [-0.15, -0.1) is 0 Å². The molecule has 1 rings (SSSR count). The highest BCUT2D eigenvalue weighted by atomic mass is 16.6. The summed E-state index contributed by atoms with van der Waals surface area (Å²) in [5.41, 5.74) is 0. The molecule has 1 unspecified atom stereocenters. The van der Waals surface area contributed by atoms with Crippen LogP contribution in [0.4, 0.5) is 0 Å². The van der Waals surface area contributed by atoms with Crippen molar-refractivity contribution < 1.29 is 24.5 Å². The van der Waals surface area contributed by atoms with E-state index in [1.165, 1.54) is 51.4 Å². The van der Waals surface area contributed by atoms with E-state index < -0.39 is 24.3 Å². The molecule has 0 radical (unpaired) electrons. The van der Waals surface area contributed by atoms with Gasteiger partial charge in [0.25, 0.3) is 0 Å². The standard InChI is InChI=1S/C19H32O5/c1-2-3-4-5-6-7-8-9-10-11-12-13-15(21)17-18(22)16(14-20)24-19(17)23/h17,20,22H,2-14H2,1H3. The van der Waals surface area contributed by atoms with Crippen LogP contribution in [0.5, 0.6) is 0 Å². The zero-order chi connectivity index (χ0) is 17.8. The summed E-state index contributed by atoms with van der Waals surface area (Å²) in [7, 11) is 0. The van der Waals surface area contributed by atoms with E-state index in [0.717, 1.165) is 19.3 Å². The number of hydrogen-bond donors (Lipinski definition) is 2. The summed E-state index contributed by atoms with van der Waals surface area (Å²) in [6.45, 7) is 1.66. The molecule has 5 heteroatoms. The molecular weight excluding hydrogens is 308 g/mol. The van der Waals surface area contributed by atoms with Gasteiger partial charge < -0.3 is 14.9 Å². The highest BCUT2D eigenvalue weighted by molar-refractivity contribution is 6.03. The molecule has 0 aromatic rings. The first kappa shape index (κ1) is 20.7. The number of aliphatic hydroxyl groups excluding tert-OH is 2. The summed E-state index contributed by atoms with van der Waals surface area (Å²) in [5, 5.41) is 18.6. The number of carbonyl (C=O) groups is 2. The van der Waals surface area contributed by atoms with Crippen LogP contribution < -0.4 is 0 Å². The number of unbranched alkanes of at least 4 members (excludes halogenated alkanes) is 10. The third kappa shape index (κ3) is 7.04. The summed E-state index contributed by atoms with van der Waals surface area (Å²) in [4.78, 5) is 23.6. The smallest absolute Gasteiger partial charge is 0.329 e. The van der Waals surface area contributed by atoms with E-state index in [2.05, 4.69) is 11.7 Å². The third-order valence-corrected chi connectivity index (χ3v) is 4.51. The highest BCUT2D eigenvalue weighted by Gasteiger charge is 2.40. The lowest BCUT2D eigenvalue weighted by atomic mass is 9.97. The first-order valence-electron chi connectivity index (χ1n) is 9.39. The Bertz CT molecular complexity index is 427. The monoisotopic (exact) mass is 340 g/mol. The van der Waals surface area contributed by atoms with Crippen LogP contribution >= 0.6 is 0 Å². The summed E-state index contributed by atoms with van der Waals surface area (Å²) < 4.78 is 4.68. The molecule has 1 aliphatic rings. The normalized spacial score (nSPS) is 17.4. The summed E-state index contributed by atoms with van der Waals surface area (Å²) in [6, 6.07) is 0. The number of Topliss-reactive ketones (excluding diaryl/α,β-unsaturated/α-hetero) is 1. The Morgan fingerprint density at radius 3 is 1.92 bits per heavy atom. The molecule has 0 spiro atoms. The van der Waals surface area contributed by atoms with Crippen molar-refractivity contribution in [2.75, 3.05) is 6.61 Å². The lowest BCUT2D eigenvalue weighted by molar-refractivity contribution is -0.144. The van der Waals surface area contributed by atoms with E-state index in [-0.39, 0.29) is 18.0 Å². The van der Waals surface area contributed by atoms with E-state index in [1.54, 1.807) is 0 Å². The van der Waals surface area contributed by atoms with Crippen LogP contribution in [0.2, 0.25) is 0 Å². The summed E-state index contributed by atoms with van der Waals surface area (Å²) in [6.07, 6.45) is 13.4. The molecule has 5 nitrogen and oxygen atoms in total. The first-order valence-corrected chi connectivity index (χ1v) is 9.39. The number of esters is 1. The van der Waals surface area contributed by atoms with E-state index in [4.69, 9.17) is 5.11 Å². The minimum absolute atomic E-state index is 0.197. The lowest BCUT2D eigenvalue weighted by Gasteiger charge is -2.06. The predicted octanol–water partition coefficient (Wildman–Crippen LogP) is 4.19. The molecule has 0 fully saturated rings. The Hall–Kier alpha value is -1.36. The SMILES string of the molecule is CCCCCCCCCCCCCC(=O)C1C(=O)OC(CO)=C1O. The summed E-state index contributed by atoms with van der Waals surface area (Å²) in [5.74, 6) is -2.94. The van der Waals surface area contributed by atoms with Gasteiger partial charge in [-0.3, -0.25) is 9.59 Å². The van der Waals surface area contributed by atoms with Gasteiger partial charge in [0.15, 0.2) is 23.2 Å². The molecular formula is C19H32O5. The Morgan fingerprint density at radius 2 is 1.46 bits per heavy atom. The van der Waals surface area contributed by atoms with Gasteiger partial charge in [0, 0.05) is 6.42 Å². The van der Waals surface area contributed by atoms with Crippen molar-refractivity contribution >= 4 is 11.8 Å². The van der Waals surface area contributed by atoms with Crippen molar-refractivity contribution in [1.82, 2.24) is 0 Å². The van der Waals surface area contributed by atoms with Crippen LogP contribution in [0.25, 0.3) is 0 Å². The fourth-order valence-electron chi connectivity index (χ4n) is 3.01. The van der Waals surface area contributed by atoms with Crippen molar-refractivity contribution in [1.29, 1.82) is 0 Å². The molecule has 0 amide bonds. The average molecular weight is 340 g/mol. The second-order valence-corrected chi connectivity index (χ2v) is 6.57. The zero-order valence-electron chi connectivity index (χ0n) is 14.9. The molecule has 0 aromatic heterocycles. The van der Waals surface area contributed by atoms with Gasteiger partial charge in [-0.25, -0.2) is 0 Å². The van der Waals surface area contributed by atoms with Crippen LogP contribution in [-0.4, -0.2) is 28.6 Å². The molecule has 0 aromatic carbocycles. The van der Waals surface area contributed by atoms with Crippen molar-refractivity contribution in [2.45, 2.75) is 84.0 Å². The van der Waals surface area contributed by atoms with Crippen molar-refractivity contribution in [2.24, 2.45) is 5.92 Å². The molecule has 1 atom stereocenters. The number of ketones is 1. The van der Waals surface area contributed by atoms with Gasteiger partial charge in [0.2, 0.25) is 0 Å². The average Bonchev–Trinajstić information content (AvgIpc) is 2.86. The van der Waals surface area contributed by atoms with Crippen LogP contribution in [-0.2, 0) is 14.3 Å². The Labute approximate surface area is 145 Å². The number of hydrogen-bond acceptors (Lipinski definition) is 5. The van der Waals surface area contributed by atoms with E-state index in [9.17, 15) is 14.7 Å². The van der Waals surface area contributed by atoms with Crippen LogP contribution in [0, 0.1) is 5.92 Å². The quantitative estimate of drug-likeness (QED) is 0.281. The Kier molecular flexibility index (Phi) is 10.4. The third-order valence-electron chi connectivity index (χ3n) is 4.51. The van der Waals surface area contributed by atoms with Crippen LogP contribution in [0.15, 0.2) is 11.5 Å². The van der Waals surface area contributed by atoms with Crippen molar-refractivity contribution in [3.63, 3.8) is 0 Å². The van der Waals surface area contributed by atoms with E-state index >= 15 is 0 Å². The zero-order valence-corrected chi connectivity index (χ0v) is 14.9. The van der Waals surface area contributed by atoms with Crippen molar-refractivity contribution in [3.8, 4) is 0 Å². The van der Waals surface area contributed by atoms with Crippen molar-refractivity contribution in [3.05, 3.63) is 11.5 Å². The Balaban J connectivity index is 2.04. The molecule has 0 aliphatic carbocycles. The topological polar surface area (TPSA) is 83.8 Å². The highest BCUT2D eigenvalue weighted by Crippen LogP contribution is 2.26. The molecule has 0 bridgehead atoms. The number of cyclic esters (lactones) is 1. The van der Waals surface area contributed by atoms with Crippen LogP contribution in [0.3, 0.4) is 0 Å². The van der Waals surface area contributed by atoms with E-state index in [0.29, 0.717) is 0 Å². The molecule has 24 heavy (non-hydrogen) atoms.